The zero-order valence-electron chi connectivity index (χ0n) is 19.3. The minimum absolute atomic E-state index is 0. The summed E-state index contributed by atoms with van der Waals surface area (Å²) in [5.41, 5.74) is 6.66. The van der Waals surface area contributed by atoms with Gasteiger partial charge in [-0.05, 0) is 74.3 Å². The van der Waals surface area contributed by atoms with Crippen LogP contribution in [0.4, 0.5) is 11.4 Å². The molecule has 1 aromatic carbocycles. The fraction of sp³-hybridized carbons (Fsp3) is 0.692. The monoisotopic (exact) mass is 445 g/mol. The summed E-state index contributed by atoms with van der Waals surface area (Å²) in [5.74, 6) is 0. The van der Waals surface area contributed by atoms with Gasteiger partial charge in [-0.1, -0.05) is 19.4 Å². The first-order valence-corrected chi connectivity index (χ1v) is 12.4. The maximum absolute atomic E-state index is 5.59. The average molecular weight is 446 g/mol. The number of piperazine rings is 1. The third-order valence-electron chi connectivity index (χ3n) is 7.91. The van der Waals surface area contributed by atoms with Crippen molar-refractivity contribution in [3.8, 4) is 0 Å². The van der Waals surface area contributed by atoms with Crippen molar-refractivity contribution < 1.29 is 4.74 Å². The SMILES string of the molecule is CCCCN1CCN(c2ccc(N3CCOCC3)cc2C2=CCC3(CC2)CC3)CC1.Cl. The molecule has 2 saturated heterocycles. The van der Waals surface area contributed by atoms with E-state index in [0.717, 1.165) is 39.4 Å². The predicted octanol–water partition coefficient (Wildman–Crippen LogP) is 5.21. The molecule has 0 aromatic heterocycles. The zero-order chi connectivity index (χ0) is 20.4. The molecular weight excluding hydrogens is 406 g/mol. The van der Waals surface area contributed by atoms with Crippen molar-refractivity contribution in [2.45, 2.75) is 51.9 Å². The van der Waals surface area contributed by atoms with Gasteiger partial charge in [0.2, 0.25) is 0 Å². The minimum atomic E-state index is 0. The van der Waals surface area contributed by atoms with E-state index in [1.54, 1.807) is 5.57 Å². The first-order chi connectivity index (χ1) is 14.8. The summed E-state index contributed by atoms with van der Waals surface area (Å²) >= 11 is 0. The first-order valence-electron chi connectivity index (χ1n) is 12.4. The molecule has 0 radical (unpaired) electrons. The van der Waals surface area contributed by atoms with Crippen molar-refractivity contribution in [3.05, 3.63) is 29.8 Å². The maximum atomic E-state index is 5.59. The van der Waals surface area contributed by atoms with Crippen LogP contribution in [0.1, 0.15) is 57.4 Å². The molecule has 4 aliphatic rings. The first kappa shape index (κ1) is 22.9. The predicted molar refractivity (Wildman–Crippen MR) is 134 cm³/mol. The van der Waals surface area contributed by atoms with Crippen molar-refractivity contribution in [2.75, 3.05) is 68.8 Å². The van der Waals surface area contributed by atoms with Gasteiger partial charge in [-0.2, -0.15) is 0 Å². The zero-order valence-corrected chi connectivity index (χ0v) is 20.1. The molecule has 1 saturated carbocycles. The lowest BCUT2D eigenvalue weighted by Crippen LogP contribution is -2.47. The Labute approximate surface area is 195 Å². The Bertz CT molecular complexity index is 762. The quantitative estimate of drug-likeness (QED) is 0.597. The molecule has 172 valence electrons. The molecule has 1 spiro atoms. The van der Waals surface area contributed by atoms with E-state index >= 15 is 0 Å². The van der Waals surface area contributed by atoms with Gasteiger partial charge in [-0.15, -0.1) is 12.4 Å². The molecule has 5 heteroatoms. The van der Waals surface area contributed by atoms with E-state index in [2.05, 4.69) is 45.9 Å². The van der Waals surface area contributed by atoms with E-state index in [1.165, 1.54) is 81.5 Å². The van der Waals surface area contributed by atoms with E-state index in [1.807, 2.05) is 0 Å². The second-order valence-electron chi connectivity index (χ2n) is 9.92. The van der Waals surface area contributed by atoms with Crippen LogP contribution in [0.2, 0.25) is 0 Å². The largest absolute Gasteiger partial charge is 0.378 e. The molecule has 0 atom stereocenters. The fourth-order valence-electron chi connectivity index (χ4n) is 5.49. The second-order valence-corrected chi connectivity index (χ2v) is 9.92. The third kappa shape index (κ3) is 5.23. The standard InChI is InChI=1S/C26H39N3O.ClH/c1-2-3-12-27-13-15-29(16-14-27)25-5-4-23(28-17-19-30-20-18-28)21-24(25)22-6-8-26(9-7-22)10-11-26;/h4-6,21H,2-3,7-20H2,1H3;1H. The molecule has 0 unspecified atom stereocenters. The van der Waals surface area contributed by atoms with Gasteiger partial charge in [0.1, 0.15) is 0 Å². The molecule has 2 aliphatic carbocycles. The number of unbranched alkanes of at least 4 members (excludes halogenated alkanes) is 1. The highest BCUT2D eigenvalue weighted by molar-refractivity contribution is 5.85. The number of rotatable bonds is 6. The third-order valence-corrected chi connectivity index (χ3v) is 7.91. The van der Waals surface area contributed by atoms with Crippen LogP contribution < -0.4 is 9.80 Å². The lowest BCUT2D eigenvalue weighted by atomic mass is 9.83. The molecule has 4 nitrogen and oxygen atoms in total. The minimum Gasteiger partial charge on any atom is -0.378 e. The number of anilines is 2. The van der Waals surface area contributed by atoms with E-state index in [-0.39, 0.29) is 12.4 Å². The molecule has 0 bridgehead atoms. The molecule has 0 N–H and O–H groups in total. The highest BCUT2D eigenvalue weighted by Crippen LogP contribution is 2.57. The molecule has 3 fully saturated rings. The van der Waals surface area contributed by atoms with E-state index in [0.29, 0.717) is 5.41 Å². The fourth-order valence-corrected chi connectivity index (χ4v) is 5.49. The van der Waals surface area contributed by atoms with Gasteiger partial charge in [-0.25, -0.2) is 0 Å². The Morgan fingerprint density at radius 3 is 2.35 bits per heavy atom. The van der Waals surface area contributed by atoms with Gasteiger partial charge in [0.15, 0.2) is 0 Å². The highest BCUT2D eigenvalue weighted by Gasteiger charge is 2.43. The van der Waals surface area contributed by atoms with Gasteiger partial charge < -0.3 is 14.5 Å². The van der Waals surface area contributed by atoms with Gasteiger partial charge in [0, 0.05) is 56.2 Å². The summed E-state index contributed by atoms with van der Waals surface area (Å²) in [6, 6.07) is 7.28. The van der Waals surface area contributed by atoms with Crippen LogP contribution in [0.25, 0.3) is 5.57 Å². The van der Waals surface area contributed by atoms with E-state index < -0.39 is 0 Å². The van der Waals surface area contributed by atoms with E-state index in [4.69, 9.17) is 4.74 Å². The Kier molecular flexibility index (Phi) is 7.51. The number of hydrogen-bond acceptors (Lipinski definition) is 4. The smallest absolute Gasteiger partial charge is 0.0642 e. The van der Waals surface area contributed by atoms with Gasteiger partial charge >= 0.3 is 0 Å². The normalized spacial score (nSPS) is 23.5. The van der Waals surface area contributed by atoms with Crippen LogP contribution in [-0.2, 0) is 4.74 Å². The van der Waals surface area contributed by atoms with Crippen LogP contribution in [0.3, 0.4) is 0 Å². The van der Waals surface area contributed by atoms with Gasteiger partial charge in [0.25, 0.3) is 0 Å². The summed E-state index contributed by atoms with van der Waals surface area (Å²) in [7, 11) is 0. The summed E-state index contributed by atoms with van der Waals surface area (Å²) < 4.78 is 5.59. The molecular formula is C26H40ClN3O. The Balaban J connectivity index is 0.00000231. The summed E-state index contributed by atoms with van der Waals surface area (Å²) in [4.78, 5) is 7.81. The number of morpholine rings is 1. The van der Waals surface area contributed by atoms with Crippen molar-refractivity contribution in [2.24, 2.45) is 5.41 Å². The number of benzene rings is 1. The highest BCUT2D eigenvalue weighted by atomic mass is 35.5. The second kappa shape index (κ2) is 10.1. The van der Waals surface area contributed by atoms with Crippen LogP contribution in [0, 0.1) is 5.41 Å². The topological polar surface area (TPSA) is 19.0 Å². The lowest BCUT2D eigenvalue weighted by Gasteiger charge is -2.38. The van der Waals surface area contributed by atoms with Crippen molar-refractivity contribution in [1.29, 1.82) is 0 Å². The summed E-state index contributed by atoms with van der Waals surface area (Å²) in [6.45, 7) is 12.0. The number of nitrogens with zero attached hydrogens (tertiary/aromatic N) is 3. The van der Waals surface area contributed by atoms with E-state index in [9.17, 15) is 0 Å². The average Bonchev–Trinajstić information content (AvgIpc) is 3.57. The Morgan fingerprint density at radius 1 is 0.935 bits per heavy atom. The molecule has 1 aromatic rings. The Hall–Kier alpha value is -1.23. The molecule has 31 heavy (non-hydrogen) atoms. The summed E-state index contributed by atoms with van der Waals surface area (Å²) in [6.07, 6.45) is 12.1. The number of ether oxygens (including phenoxy) is 1. The van der Waals surface area contributed by atoms with Gasteiger partial charge in [-0.3, -0.25) is 4.90 Å². The van der Waals surface area contributed by atoms with Crippen molar-refractivity contribution in [3.63, 3.8) is 0 Å². The maximum Gasteiger partial charge on any atom is 0.0642 e. The van der Waals surface area contributed by atoms with Crippen molar-refractivity contribution >= 4 is 29.4 Å². The van der Waals surface area contributed by atoms with Gasteiger partial charge in [0.05, 0.1) is 13.2 Å². The van der Waals surface area contributed by atoms with Crippen LogP contribution in [-0.4, -0.2) is 63.9 Å². The molecule has 2 heterocycles. The lowest BCUT2D eigenvalue weighted by molar-refractivity contribution is 0.122. The molecule has 5 rings (SSSR count). The molecule has 0 amide bonds. The molecule has 2 aliphatic heterocycles. The number of hydrogen-bond donors (Lipinski definition) is 0. The van der Waals surface area contributed by atoms with Crippen LogP contribution in [0.15, 0.2) is 24.3 Å². The number of allylic oxidation sites excluding steroid dienone is 2. The van der Waals surface area contributed by atoms with Crippen LogP contribution in [0.5, 0.6) is 0 Å². The Morgan fingerprint density at radius 2 is 1.71 bits per heavy atom. The summed E-state index contributed by atoms with van der Waals surface area (Å²) in [5, 5.41) is 0. The van der Waals surface area contributed by atoms with Crippen LogP contribution >= 0.6 is 12.4 Å². The van der Waals surface area contributed by atoms with Crippen molar-refractivity contribution in [1.82, 2.24) is 4.90 Å². The number of halogens is 1.